The van der Waals surface area contributed by atoms with Gasteiger partial charge in [-0.05, 0) is 24.6 Å². The standard InChI is InChI=1S/C10H11N2/c1-2-4-9-7-8-5-3-6-11-10(8)12-9/h3,5-7H,2,4H2,1H3. The van der Waals surface area contributed by atoms with E-state index in [9.17, 15) is 0 Å². The van der Waals surface area contributed by atoms with Crippen molar-refractivity contribution in [2.75, 3.05) is 0 Å². The first kappa shape index (κ1) is 7.35. The molecule has 0 atom stereocenters. The van der Waals surface area contributed by atoms with Gasteiger partial charge in [0.1, 0.15) is 0 Å². The molecular formula is C10H11N2. The van der Waals surface area contributed by atoms with E-state index in [1.165, 1.54) is 0 Å². The van der Waals surface area contributed by atoms with Gasteiger partial charge in [-0.3, -0.25) is 0 Å². The average molecular weight is 159 g/mol. The molecule has 0 amide bonds. The van der Waals surface area contributed by atoms with Crippen molar-refractivity contribution in [2.45, 2.75) is 19.8 Å². The van der Waals surface area contributed by atoms with E-state index in [1.54, 1.807) is 6.20 Å². The van der Waals surface area contributed by atoms with E-state index in [0.717, 1.165) is 29.9 Å². The Bertz CT molecular complexity index is 315. The summed E-state index contributed by atoms with van der Waals surface area (Å²) in [6, 6.07) is 3.99. The highest BCUT2D eigenvalue weighted by molar-refractivity contribution is 5.68. The number of aromatic nitrogens is 1. The minimum Gasteiger partial charge on any atom is -0.237 e. The molecule has 1 aromatic rings. The Morgan fingerprint density at radius 2 is 2.33 bits per heavy atom. The van der Waals surface area contributed by atoms with Gasteiger partial charge in [-0.15, -0.1) is 0 Å². The first-order valence-corrected chi connectivity index (χ1v) is 4.27. The third-order valence-corrected chi connectivity index (χ3v) is 1.89. The molecule has 0 N–H and O–H groups in total. The summed E-state index contributed by atoms with van der Waals surface area (Å²) in [6.45, 7) is 2.16. The second kappa shape index (κ2) is 2.97. The Morgan fingerprint density at radius 3 is 3.08 bits per heavy atom. The molecule has 0 bridgehead atoms. The van der Waals surface area contributed by atoms with Crippen molar-refractivity contribution in [3.8, 4) is 0 Å². The molecule has 0 spiro atoms. The van der Waals surface area contributed by atoms with Crippen LogP contribution in [-0.4, -0.2) is 4.98 Å². The maximum atomic E-state index is 4.39. The molecule has 1 aromatic heterocycles. The Hall–Kier alpha value is -1.31. The van der Waals surface area contributed by atoms with Gasteiger partial charge in [-0.2, -0.15) is 0 Å². The molecule has 1 aliphatic heterocycles. The molecule has 12 heavy (non-hydrogen) atoms. The maximum absolute atomic E-state index is 4.39. The van der Waals surface area contributed by atoms with Crippen LogP contribution in [0, 0.1) is 0 Å². The van der Waals surface area contributed by atoms with Crippen LogP contribution < -0.4 is 5.32 Å². The lowest BCUT2D eigenvalue weighted by Crippen LogP contribution is -1.93. The predicted octanol–water partition coefficient (Wildman–Crippen LogP) is 2.47. The zero-order valence-corrected chi connectivity index (χ0v) is 7.12. The fourth-order valence-electron chi connectivity index (χ4n) is 1.35. The highest BCUT2D eigenvalue weighted by atomic mass is 15.0. The van der Waals surface area contributed by atoms with Crippen molar-refractivity contribution in [1.82, 2.24) is 10.3 Å². The topological polar surface area (TPSA) is 27.0 Å². The van der Waals surface area contributed by atoms with Crippen molar-refractivity contribution in [2.24, 2.45) is 0 Å². The largest absolute Gasteiger partial charge is 0.237 e. The summed E-state index contributed by atoms with van der Waals surface area (Å²) in [5.74, 6) is 0.876. The van der Waals surface area contributed by atoms with Crippen molar-refractivity contribution in [3.05, 3.63) is 29.6 Å². The van der Waals surface area contributed by atoms with Gasteiger partial charge in [0.15, 0.2) is 5.82 Å². The van der Waals surface area contributed by atoms with Crippen molar-refractivity contribution in [1.29, 1.82) is 0 Å². The van der Waals surface area contributed by atoms with Gasteiger partial charge in [0.05, 0.1) is 0 Å². The highest BCUT2D eigenvalue weighted by Crippen LogP contribution is 2.26. The van der Waals surface area contributed by atoms with E-state index >= 15 is 0 Å². The van der Waals surface area contributed by atoms with Crippen LogP contribution in [0.15, 0.2) is 24.0 Å². The van der Waals surface area contributed by atoms with Gasteiger partial charge in [-0.1, -0.05) is 13.3 Å². The predicted molar refractivity (Wildman–Crippen MR) is 48.9 cm³/mol. The second-order valence-corrected chi connectivity index (χ2v) is 2.91. The lowest BCUT2D eigenvalue weighted by molar-refractivity contribution is 0.845. The Labute approximate surface area is 72.3 Å². The molecule has 0 saturated heterocycles. The average Bonchev–Trinajstić information content (AvgIpc) is 2.47. The number of pyridine rings is 1. The summed E-state index contributed by atoms with van der Waals surface area (Å²) >= 11 is 0. The SMILES string of the molecule is CCCC1=Cc2cccnc2[N]1. The van der Waals surface area contributed by atoms with Gasteiger partial charge in [0.2, 0.25) is 0 Å². The quantitative estimate of drug-likeness (QED) is 0.651. The lowest BCUT2D eigenvalue weighted by Gasteiger charge is -1.97. The van der Waals surface area contributed by atoms with Crippen LogP contribution in [-0.2, 0) is 0 Å². The molecule has 2 heterocycles. The summed E-state index contributed by atoms with van der Waals surface area (Å²) in [7, 11) is 0. The molecule has 2 rings (SSSR count). The van der Waals surface area contributed by atoms with Crippen LogP contribution in [0.25, 0.3) is 6.08 Å². The number of hydrogen-bond donors (Lipinski definition) is 0. The minimum absolute atomic E-state index is 0.876. The minimum atomic E-state index is 0.876. The Morgan fingerprint density at radius 1 is 1.42 bits per heavy atom. The molecule has 2 nitrogen and oxygen atoms in total. The normalized spacial score (nSPS) is 13.6. The van der Waals surface area contributed by atoms with Gasteiger partial charge in [0.25, 0.3) is 0 Å². The Kier molecular flexibility index (Phi) is 1.82. The molecule has 0 fully saturated rings. The third-order valence-electron chi connectivity index (χ3n) is 1.89. The molecule has 0 aromatic carbocycles. The zero-order chi connectivity index (χ0) is 8.39. The van der Waals surface area contributed by atoms with Gasteiger partial charge < -0.3 is 0 Å². The number of nitrogens with zero attached hydrogens (tertiary/aromatic N) is 2. The summed E-state index contributed by atoms with van der Waals surface area (Å²) in [5.41, 5.74) is 2.31. The molecule has 0 unspecified atom stereocenters. The summed E-state index contributed by atoms with van der Waals surface area (Å²) in [4.78, 5) is 4.17. The highest BCUT2D eigenvalue weighted by Gasteiger charge is 2.12. The van der Waals surface area contributed by atoms with Crippen LogP contribution in [0.3, 0.4) is 0 Å². The first-order valence-electron chi connectivity index (χ1n) is 4.27. The zero-order valence-electron chi connectivity index (χ0n) is 7.12. The number of fused-ring (bicyclic) bond motifs is 1. The van der Waals surface area contributed by atoms with E-state index < -0.39 is 0 Å². The summed E-state index contributed by atoms with van der Waals surface area (Å²) in [5, 5.41) is 4.39. The van der Waals surface area contributed by atoms with Crippen LogP contribution in [0.2, 0.25) is 0 Å². The summed E-state index contributed by atoms with van der Waals surface area (Å²) in [6.07, 6.45) is 6.09. The van der Waals surface area contributed by atoms with Crippen LogP contribution in [0.1, 0.15) is 25.3 Å². The van der Waals surface area contributed by atoms with Gasteiger partial charge in [0, 0.05) is 17.5 Å². The second-order valence-electron chi connectivity index (χ2n) is 2.91. The van der Waals surface area contributed by atoms with E-state index in [2.05, 4.69) is 29.4 Å². The smallest absolute Gasteiger partial charge is 0.159 e. The fraction of sp³-hybridized carbons (Fsp3) is 0.300. The maximum Gasteiger partial charge on any atom is 0.159 e. The Balaban J connectivity index is 2.23. The van der Waals surface area contributed by atoms with Gasteiger partial charge >= 0.3 is 0 Å². The third kappa shape index (κ3) is 1.20. The fourth-order valence-corrected chi connectivity index (χ4v) is 1.35. The van der Waals surface area contributed by atoms with Crippen LogP contribution in [0.4, 0.5) is 5.82 Å². The van der Waals surface area contributed by atoms with Crippen molar-refractivity contribution < 1.29 is 0 Å². The molecule has 0 saturated carbocycles. The van der Waals surface area contributed by atoms with Gasteiger partial charge in [-0.25, -0.2) is 10.3 Å². The van der Waals surface area contributed by atoms with E-state index in [0.29, 0.717) is 0 Å². The summed E-state index contributed by atoms with van der Waals surface area (Å²) < 4.78 is 0. The molecular weight excluding hydrogens is 148 g/mol. The molecule has 0 aliphatic carbocycles. The van der Waals surface area contributed by atoms with Crippen LogP contribution >= 0.6 is 0 Å². The lowest BCUT2D eigenvalue weighted by atomic mass is 10.2. The number of allylic oxidation sites excluding steroid dienone is 1. The van der Waals surface area contributed by atoms with Crippen molar-refractivity contribution in [3.63, 3.8) is 0 Å². The monoisotopic (exact) mass is 159 g/mol. The molecule has 1 radical (unpaired) electrons. The van der Waals surface area contributed by atoms with Crippen molar-refractivity contribution >= 4 is 11.9 Å². The number of hydrogen-bond acceptors (Lipinski definition) is 1. The first-order chi connectivity index (χ1) is 5.90. The molecule has 2 heteroatoms. The van der Waals surface area contributed by atoms with E-state index in [-0.39, 0.29) is 0 Å². The van der Waals surface area contributed by atoms with Crippen LogP contribution in [0.5, 0.6) is 0 Å². The molecule has 61 valence electrons. The number of rotatable bonds is 2. The van der Waals surface area contributed by atoms with E-state index in [1.807, 2.05) is 6.07 Å². The van der Waals surface area contributed by atoms with E-state index in [4.69, 9.17) is 0 Å². The molecule has 1 aliphatic rings.